The summed E-state index contributed by atoms with van der Waals surface area (Å²) in [5.41, 5.74) is 0.923. The minimum atomic E-state index is -1.05. The molecule has 1 atom stereocenters. The first-order valence-corrected chi connectivity index (χ1v) is 8.51. The lowest BCUT2D eigenvalue weighted by atomic mass is 10.2. The van der Waals surface area contributed by atoms with Crippen LogP contribution >= 0.6 is 23.2 Å². The molecule has 0 spiro atoms. The summed E-state index contributed by atoms with van der Waals surface area (Å²) >= 11 is 12.0. The van der Waals surface area contributed by atoms with Crippen LogP contribution in [0.1, 0.15) is 5.56 Å². The number of aliphatic hydroxyl groups excluding tert-OH is 1. The fraction of sp³-hybridized carbons (Fsp3) is 0.200. The molecule has 2 aromatic rings. The lowest BCUT2D eigenvalue weighted by Gasteiger charge is -2.09. The highest BCUT2D eigenvalue weighted by atomic mass is 35.5. The van der Waals surface area contributed by atoms with Crippen molar-refractivity contribution in [3.8, 4) is 11.5 Å². The van der Waals surface area contributed by atoms with Crippen LogP contribution in [-0.4, -0.2) is 21.7 Å². The van der Waals surface area contributed by atoms with E-state index in [0.29, 0.717) is 27.3 Å². The second-order valence-electron chi connectivity index (χ2n) is 4.31. The molecule has 0 aliphatic carbocycles. The van der Waals surface area contributed by atoms with E-state index in [-0.39, 0.29) is 12.4 Å². The topological polar surface area (TPSA) is 46.5 Å². The van der Waals surface area contributed by atoms with Gasteiger partial charge in [-0.25, -0.2) is 0 Å². The standard InChI is InChI=1S/C15H14Cl2O3S/c16-13-2-1-3-14(15(13)17)20-12-6-4-11(5-7-12)10-21(19)9-8-18/h1-7,18H,8-10H2. The molecule has 0 aliphatic rings. The Hall–Kier alpha value is -1.07. The number of halogens is 2. The van der Waals surface area contributed by atoms with Crippen molar-refractivity contribution in [2.24, 2.45) is 0 Å². The summed E-state index contributed by atoms with van der Waals surface area (Å²) in [5, 5.41) is 9.54. The van der Waals surface area contributed by atoms with Gasteiger partial charge in [-0.15, -0.1) is 0 Å². The van der Waals surface area contributed by atoms with Gasteiger partial charge in [0.1, 0.15) is 16.5 Å². The van der Waals surface area contributed by atoms with Crippen LogP contribution in [-0.2, 0) is 16.6 Å². The van der Waals surface area contributed by atoms with Gasteiger partial charge in [-0.3, -0.25) is 4.21 Å². The van der Waals surface area contributed by atoms with Crippen molar-refractivity contribution in [1.29, 1.82) is 0 Å². The Balaban J connectivity index is 2.05. The average molecular weight is 345 g/mol. The van der Waals surface area contributed by atoms with E-state index >= 15 is 0 Å². The van der Waals surface area contributed by atoms with Crippen molar-refractivity contribution in [2.75, 3.05) is 12.4 Å². The van der Waals surface area contributed by atoms with Crippen LogP contribution in [0.4, 0.5) is 0 Å². The minimum absolute atomic E-state index is 0.0684. The number of benzene rings is 2. The van der Waals surface area contributed by atoms with Crippen molar-refractivity contribution in [2.45, 2.75) is 5.75 Å². The molecule has 3 nitrogen and oxygen atoms in total. The van der Waals surface area contributed by atoms with Crippen LogP contribution in [0.15, 0.2) is 42.5 Å². The molecule has 1 unspecified atom stereocenters. The predicted octanol–water partition coefficient (Wildman–Crippen LogP) is 4.03. The number of hydrogen-bond acceptors (Lipinski definition) is 3. The van der Waals surface area contributed by atoms with E-state index in [9.17, 15) is 4.21 Å². The number of ether oxygens (including phenoxy) is 1. The fourth-order valence-electron chi connectivity index (χ4n) is 1.70. The van der Waals surface area contributed by atoms with Gasteiger partial charge in [0.05, 0.1) is 11.6 Å². The van der Waals surface area contributed by atoms with Crippen LogP contribution in [0, 0.1) is 0 Å². The van der Waals surface area contributed by atoms with Gasteiger partial charge < -0.3 is 9.84 Å². The summed E-state index contributed by atoms with van der Waals surface area (Å²) in [5.74, 6) is 1.81. The molecule has 0 heterocycles. The van der Waals surface area contributed by atoms with Crippen LogP contribution in [0.5, 0.6) is 11.5 Å². The van der Waals surface area contributed by atoms with Crippen molar-refractivity contribution in [3.63, 3.8) is 0 Å². The Morgan fingerprint density at radius 3 is 2.48 bits per heavy atom. The minimum Gasteiger partial charge on any atom is -0.456 e. The summed E-state index contributed by atoms with van der Waals surface area (Å²) in [6.45, 7) is -0.0684. The molecule has 0 fully saturated rings. The molecular formula is C15H14Cl2O3S. The Morgan fingerprint density at radius 2 is 1.81 bits per heavy atom. The van der Waals surface area contributed by atoms with Gasteiger partial charge >= 0.3 is 0 Å². The van der Waals surface area contributed by atoms with Gasteiger partial charge in [-0.2, -0.15) is 0 Å². The van der Waals surface area contributed by atoms with Crippen LogP contribution in [0.25, 0.3) is 0 Å². The first kappa shape index (κ1) is 16.3. The van der Waals surface area contributed by atoms with Crippen molar-refractivity contribution in [3.05, 3.63) is 58.1 Å². The van der Waals surface area contributed by atoms with Crippen molar-refractivity contribution in [1.82, 2.24) is 0 Å². The third-order valence-corrected chi connectivity index (χ3v) is 4.81. The third kappa shape index (κ3) is 4.71. The summed E-state index contributed by atoms with van der Waals surface area (Å²) in [7, 11) is -1.05. The first-order valence-electron chi connectivity index (χ1n) is 6.27. The Labute approximate surface area is 135 Å². The Morgan fingerprint density at radius 1 is 1.10 bits per heavy atom. The first-order chi connectivity index (χ1) is 10.1. The molecule has 1 N–H and O–H groups in total. The molecule has 0 saturated heterocycles. The monoisotopic (exact) mass is 344 g/mol. The number of hydrogen-bond donors (Lipinski definition) is 1. The van der Waals surface area contributed by atoms with Crippen LogP contribution in [0.2, 0.25) is 10.0 Å². The normalized spacial score (nSPS) is 12.1. The fourth-order valence-corrected chi connectivity index (χ4v) is 2.95. The smallest absolute Gasteiger partial charge is 0.147 e. The zero-order chi connectivity index (χ0) is 15.2. The lowest BCUT2D eigenvalue weighted by molar-refractivity contribution is 0.321. The zero-order valence-electron chi connectivity index (χ0n) is 11.1. The summed E-state index contributed by atoms with van der Waals surface area (Å²) in [4.78, 5) is 0. The molecule has 21 heavy (non-hydrogen) atoms. The van der Waals surface area contributed by atoms with Gasteiger partial charge in [0.15, 0.2) is 0 Å². The van der Waals surface area contributed by atoms with E-state index in [4.69, 9.17) is 33.0 Å². The molecule has 0 amide bonds. The Bertz CT molecular complexity index is 629. The molecule has 112 valence electrons. The maximum Gasteiger partial charge on any atom is 0.147 e. The highest BCUT2D eigenvalue weighted by molar-refractivity contribution is 7.84. The second kappa shape index (κ2) is 7.80. The van der Waals surface area contributed by atoms with E-state index in [1.807, 2.05) is 12.1 Å². The van der Waals surface area contributed by atoms with E-state index in [1.165, 1.54) is 0 Å². The molecule has 2 rings (SSSR count). The molecule has 0 radical (unpaired) electrons. The molecule has 2 aromatic carbocycles. The van der Waals surface area contributed by atoms with Gasteiger partial charge in [0.2, 0.25) is 0 Å². The van der Waals surface area contributed by atoms with Gasteiger partial charge in [0.25, 0.3) is 0 Å². The zero-order valence-corrected chi connectivity index (χ0v) is 13.4. The average Bonchev–Trinajstić information content (AvgIpc) is 2.46. The lowest BCUT2D eigenvalue weighted by Crippen LogP contribution is -2.04. The molecule has 6 heteroatoms. The Kier molecular flexibility index (Phi) is 6.06. The molecule has 0 saturated carbocycles. The van der Waals surface area contributed by atoms with Crippen LogP contribution < -0.4 is 4.74 Å². The predicted molar refractivity (Wildman–Crippen MR) is 86.8 cm³/mol. The van der Waals surface area contributed by atoms with E-state index in [1.54, 1.807) is 30.3 Å². The largest absolute Gasteiger partial charge is 0.456 e. The molecule has 0 aliphatic heterocycles. The summed E-state index contributed by atoms with van der Waals surface area (Å²) in [6, 6.07) is 12.4. The maximum absolute atomic E-state index is 11.6. The van der Waals surface area contributed by atoms with Crippen molar-refractivity contribution >= 4 is 34.0 Å². The highest BCUT2D eigenvalue weighted by Crippen LogP contribution is 2.34. The van der Waals surface area contributed by atoms with Gasteiger partial charge in [0, 0.05) is 22.3 Å². The SMILES string of the molecule is O=S(CCO)Cc1ccc(Oc2cccc(Cl)c2Cl)cc1. The number of rotatable bonds is 6. The van der Waals surface area contributed by atoms with Crippen LogP contribution in [0.3, 0.4) is 0 Å². The van der Waals surface area contributed by atoms with Crippen molar-refractivity contribution < 1.29 is 14.1 Å². The molecule has 0 aromatic heterocycles. The second-order valence-corrected chi connectivity index (χ2v) is 6.67. The van der Waals surface area contributed by atoms with E-state index < -0.39 is 10.8 Å². The highest BCUT2D eigenvalue weighted by Gasteiger charge is 2.07. The van der Waals surface area contributed by atoms with Gasteiger partial charge in [-0.05, 0) is 29.8 Å². The van der Waals surface area contributed by atoms with E-state index in [2.05, 4.69) is 0 Å². The summed E-state index contributed by atoms with van der Waals surface area (Å²) in [6.07, 6.45) is 0. The maximum atomic E-state index is 11.6. The molecular weight excluding hydrogens is 331 g/mol. The number of aliphatic hydroxyl groups is 1. The quantitative estimate of drug-likeness (QED) is 0.860. The van der Waals surface area contributed by atoms with Gasteiger partial charge in [-0.1, -0.05) is 41.4 Å². The summed E-state index contributed by atoms with van der Waals surface area (Å²) < 4.78 is 17.2. The van der Waals surface area contributed by atoms with E-state index in [0.717, 1.165) is 5.56 Å². The third-order valence-electron chi connectivity index (χ3n) is 2.71. The molecule has 0 bridgehead atoms.